The summed E-state index contributed by atoms with van der Waals surface area (Å²) in [5.74, 6) is -0.429. The summed E-state index contributed by atoms with van der Waals surface area (Å²) in [6.45, 7) is 2.31. The number of amides is 1. The van der Waals surface area contributed by atoms with E-state index in [9.17, 15) is 18.0 Å². The van der Waals surface area contributed by atoms with Crippen LogP contribution >= 0.6 is 0 Å². The molecule has 9 heteroatoms. The standard InChI is InChI=1S/C13H14F3N5O/c1-3-20(10-4-5-17-18-6-10)12(22)11-7-19-21(9(11)2)8-13(14,15)16/h4-7H,3,8H2,1-2H3. The van der Waals surface area contributed by atoms with Crippen LogP contribution in [0.3, 0.4) is 0 Å². The Hall–Kier alpha value is -2.45. The number of hydrogen-bond acceptors (Lipinski definition) is 4. The lowest BCUT2D eigenvalue weighted by Gasteiger charge is -2.20. The van der Waals surface area contributed by atoms with Crippen LogP contribution in [-0.4, -0.2) is 38.6 Å². The number of aromatic nitrogens is 4. The Bertz CT molecular complexity index is 653. The molecule has 0 atom stereocenters. The molecular weight excluding hydrogens is 299 g/mol. The van der Waals surface area contributed by atoms with Crippen molar-refractivity contribution in [1.82, 2.24) is 20.0 Å². The summed E-state index contributed by atoms with van der Waals surface area (Å²) in [6, 6.07) is 1.60. The van der Waals surface area contributed by atoms with Gasteiger partial charge in [0.25, 0.3) is 5.91 Å². The molecule has 0 aromatic carbocycles. The molecule has 0 unspecified atom stereocenters. The normalized spacial score (nSPS) is 11.5. The molecule has 0 saturated heterocycles. The molecule has 118 valence electrons. The van der Waals surface area contributed by atoms with Crippen molar-refractivity contribution in [3.05, 3.63) is 35.9 Å². The predicted octanol–water partition coefficient (Wildman–Crippen LogP) is 2.21. The molecule has 2 aromatic rings. The van der Waals surface area contributed by atoms with E-state index in [0.29, 0.717) is 12.2 Å². The van der Waals surface area contributed by atoms with Crippen LogP contribution in [-0.2, 0) is 6.54 Å². The van der Waals surface area contributed by atoms with Crippen molar-refractivity contribution in [3.8, 4) is 0 Å². The summed E-state index contributed by atoms with van der Waals surface area (Å²) >= 11 is 0. The third-order valence-electron chi connectivity index (χ3n) is 3.10. The van der Waals surface area contributed by atoms with Crippen LogP contribution in [0.5, 0.6) is 0 Å². The van der Waals surface area contributed by atoms with Crippen molar-refractivity contribution >= 4 is 11.6 Å². The Morgan fingerprint density at radius 2 is 2.05 bits per heavy atom. The Kier molecular flexibility index (Phi) is 4.43. The molecule has 2 aromatic heterocycles. The molecule has 6 nitrogen and oxygen atoms in total. The smallest absolute Gasteiger partial charge is 0.307 e. The predicted molar refractivity (Wildman–Crippen MR) is 72.4 cm³/mol. The first-order valence-electron chi connectivity index (χ1n) is 6.51. The maximum Gasteiger partial charge on any atom is 0.408 e. The number of carbonyl (C=O) groups is 1. The fraction of sp³-hybridized carbons (Fsp3) is 0.385. The molecule has 1 amide bonds. The van der Waals surface area contributed by atoms with Crippen molar-refractivity contribution in [2.24, 2.45) is 0 Å². The summed E-state index contributed by atoms with van der Waals surface area (Å²) in [7, 11) is 0. The summed E-state index contributed by atoms with van der Waals surface area (Å²) in [6.07, 6.45) is -0.390. The van der Waals surface area contributed by atoms with Crippen LogP contribution in [0.1, 0.15) is 23.0 Å². The number of carbonyl (C=O) groups excluding carboxylic acids is 1. The van der Waals surface area contributed by atoms with Crippen molar-refractivity contribution in [2.45, 2.75) is 26.6 Å². The van der Waals surface area contributed by atoms with Crippen LogP contribution in [0.4, 0.5) is 18.9 Å². The molecule has 2 heterocycles. The van der Waals surface area contributed by atoms with Gasteiger partial charge in [0.15, 0.2) is 0 Å². The second-order valence-electron chi connectivity index (χ2n) is 4.57. The van der Waals surface area contributed by atoms with Gasteiger partial charge in [-0.25, -0.2) is 0 Å². The van der Waals surface area contributed by atoms with E-state index >= 15 is 0 Å². The van der Waals surface area contributed by atoms with E-state index in [4.69, 9.17) is 0 Å². The van der Waals surface area contributed by atoms with E-state index in [0.717, 1.165) is 10.9 Å². The molecule has 0 aliphatic carbocycles. The van der Waals surface area contributed by atoms with Crippen LogP contribution in [0.15, 0.2) is 24.7 Å². The van der Waals surface area contributed by atoms with Crippen LogP contribution in [0, 0.1) is 6.92 Å². The summed E-state index contributed by atoms with van der Waals surface area (Å²) in [5, 5.41) is 11.0. The monoisotopic (exact) mass is 313 g/mol. The highest BCUT2D eigenvalue weighted by molar-refractivity contribution is 6.06. The molecule has 2 rings (SSSR count). The third-order valence-corrected chi connectivity index (χ3v) is 3.10. The Balaban J connectivity index is 2.29. The van der Waals surface area contributed by atoms with Crippen molar-refractivity contribution < 1.29 is 18.0 Å². The second kappa shape index (κ2) is 6.12. The van der Waals surface area contributed by atoms with E-state index in [1.165, 1.54) is 24.2 Å². The lowest BCUT2D eigenvalue weighted by atomic mass is 10.2. The maximum absolute atomic E-state index is 12.5. The van der Waals surface area contributed by atoms with Gasteiger partial charge in [-0.05, 0) is 19.9 Å². The Labute approximate surface area is 124 Å². The highest BCUT2D eigenvalue weighted by Crippen LogP contribution is 2.21. The lowest BCUT2D eigenvalue weighted by molar-refractivity contribution is -0.142. The number of alkyl halides is 3. The summed E-state index contributed by atoms with van der Waals surface area (Å²) in [4.78, 5) is 13.9. The minimum absolute atomic E-state index is 0.128. The first kappa shape index (κ1) is 15.9. The number of anilines is 1. The zero-order chi connectivity index (χ0) is 16.3. The minimum Gasteiger partial charge on any atom is -0.307 e. The zero-order valence-electron chi connectivity index (χ0n) is 12.0. The summed E-state index contributed by atoms with van der Waals surface area (Å²) in [5.41, 5.74) is 0.816. The van der Waals surface area contributed by atoms with Gasteiger partial charge in [0.2, 0.25) is 0 Å². The van der Waals surface area contributed by atoms with Gasteiger partial charge in [-0.1, -0.05) is 0 Å². The first-order valence-corrected chi connectivity index (χ1v) is 6.51. The van der Waals surface area contributed by atoms with E-state index in [2.05, 4.69) is 15.3 Å². The quantitative estimate of drug-likeness (QED) is 0.868. The molecule has 0 fully saturated rings. The molecule has 0 aliphatic rings. The van der Waals surface area contributed by atoms with Crippen molar-refractivity contribution in [1.29, 1.82) is 0 Å². The van der Waals surface area contributed by atoms with Gasteiger partial charge in [0.1, 0.15) is 6.54 Å². The number of rotatable bonds is 4. The van der Waals surface area contributed by atoms with Gasteiger partial charge in [0.05, 0.1) is 29.8 Å². The highest BCUT2D eigenvalue weighted by Gasteiger charge is 2.30. The third kappa shape index (κ3) is 3.41. The highest BCUT2D eigenvalue weighted by atomic mass is 19.4. The summed E-state index contributed by atoms with van der Waals surface area (Å²) < 4.78 is 38.1. The number of hydrogen-bond donors (Lipinski definition) is 0. The van der Waals surface area contributed by atoms with Crippen LogP contribution in [0.25, 0.3) is 0 Å². The van der Waals surface area contributed by atoms with E-state index in [1.54, 1.807) is 13.0 Å². The van der Waals surface area contributed by atoms with Gasteiger partial charge < -0.3 is 4.90 Å². The van der Waals surface area contributed by atoms with Gasteiger partial charge in [-0.2, -0.15) is 28.5 Å². The largest absolute Gasteiger partial charge is 0.408 e. The molecule has 0 aliphatic heterocycles. The topological polar surface area (TPSA) is 63.9 Å². The Morgan fingerprint density at radius 3 is 2.59 bits per heavy atom. The molecule has 0 bridgehead atoms. The first-order chi connectivity index (χ1) is 10.3. The van der Waals surface area contributed by atoms with E-state index in [-0.39, 0.29) is 11.3 Å². The average Bonchev–Trinajstić information content (AvgIpc) is 2.80. The van der Waals surface area contributed by atoms with Gasteiger partial charge in [-0.3, -0.25) is 9.48 Å². The van der Waals surface area contributed by atoms with Crippen molar-refractivity contribution in [3.63, 3.8) is 0 Å². The molecular formula is C13H14F3N5O. The minimum atomic E-state index is -4.39. The zero-order valence-corrected chi connectivity index (χ0v) is 12.0. The maximum atomic E-state index is 12.5. The van der Waals surface area contributed by atoms with Gasteiger partial charge >= 0.3 is 6.18 Å². The Morgan fingerprint density at radius 1 is 1.32 bits per heavy atom. The number of halogens is 3. The van der Waals surface area contributed by atoms with Crippen molar-refractivity contribution in [2.75, 3.05) is 11.4 Å². The lowest BCUT2D eigenvalue weighted by Crippen LogP contribution is -2.31. The van der Waals surface area contributed by atoms with Crippen LogP contribution in [0.2, 0.25) is 0 Å². The SMILES string of the molecule is CCN(C(=O)c1cnn(CC(F)(F)F)c1C)c1ccnnc1. The van der Waals surface area contributed by atoms with E-state index in [1.807, 2.05) is 0 Å². The fourth-order valence-electron chi connectivity index (χ4n) is 2.02. The van der Waals surface area contributed by atoms with E-state index < -0.39 is 18.6 Å². The molecule has 0 spiro atoms. The van der Waals surface area contributed by atoms with Gasteiger partial charge in [0, 0.05) is 12.2 Å². The fourth-order valence-corrected chi connectivity index (χ4v) is 2.02. The molecule has 0 radical (unpaired) electrons. The van der Waals surface area contributed by atoms with Gasteiger partial charge in [-0.15, -0.1) is 0 Å². The molecule has 0 saturated carbocycles. The molecule has 0 N–H and O–H groups in total. The van der Waals surface area contributed by atoms with Crippen LogP contribution < -0.4 is 4.90 Å². The second-order valence-corrected chi connectivity index (χ2v) is 4.57. The number of nitrogens with zero attached hydrogens (tertiary/aromatic N) is 5. The average molecular weight is 313 g/mol. The molecule has 22 heavy (non-hydrogen) atoms.